The van der Waals surface area contributed by atoms with Gasteiger partial charge in [-0.3, -0.25) is 19.5 Å². The van der Waals surface area contributed by atoms with Gasteiger partial charge in [-0.1, -0.05) is 24.3 Å². The van der Waals surface area contributed by atoms with Crippen molar-refractivity contribution in [1.29, 1.82) is 0 Å². The highest BCUT2D eigenvalue weighted by Crippen LogP contribution is 2.22. The van der Waals surface area contributed by atoms with Gasteiger partial charge in [-0.25, -0.2) is 4.79 Å². The van der Waals surface area contributed by atoms with Crippen molar-refractivity contribution in [3.8, 4) is 0 Å². The van der Waals surface area contributed by atoms with Crippen molar-refractivity contribution in [2.24, 2.45) is 0 Å². The SMILES string of the molecule is CC(C)N1CCN(Cc2cccc(C(=O)N3[C@H](C)CN(Cc4ccc(C(=O)O)cc4)C[C@@H]3C)c2)CC1. The molecule has 7 heteroatoms. The summed E-state index contributed by atoms with van der Waals surface area (Å²) in [5.41, 5.74) is 3.35. The number of nitrogens with zero attached hydrogens (tertiary/aromatic N) is 4. The van der Waals surface area contributed by atoms with Crippen molar-refractivity contribution in [2.75, 3.05) is 39.3 Å². The third-order valence-electron chi connectivity index (χ3n) is 7.55. The maximum atomic E-state index is 13.6. The van der Waals surface area contributed by atoms with Gasteiger partial charge in [0.15, 0.2) is 0 Å². The molecule has 4 rings (SSSR count). The van der Waals surface area contributed by atoms with Gasteiger partial charge in [0.1, 0.15) is 0 Å². The minimum absolute atomic E-state index is 0.0901. The Labute approximate surface area is 215 Å². The van der Waals surface area contributed by atoms with Gasteiger partial charge in [0.2, 0.25) is 0 Å². The van der Waals surface area contributed by atoms with Gasteiger partial charge in [0.25, 0.3) is 5.91 Å². The Balaban J connectivity index is 1.35. The molecule has 0 radical (unpaired) electrons. The molecule has 2 aromatic carbocycles. The summed E-state index contributed by atoms with van der Waals surface area (Å²) in [5, 5.41) is 9.12. The van der Waals surface area contributed by atoms with Crippen molar-refractivity contribution < 1.29 is 14.7 Å². The minimum atomic E-state index is -0.909. The molecule has 0 unspecified atom stereocenters. The quantitative estimate of drug-likeness (QED) is 0.637. The van der Waals surface area contributed by atoms with Crippen molar-refractivity contribution >= 4 is 11.9 Å². The summed E-state index contributed by atoms with van der Waals surface area (Å²) in [6, 6.07) is 16.0. The van der Waals surface area contributed by atoms with Gasteiger partial charge in [0.05, 0.1) is 5.56 Å². The number of carboxylic acid groups (broad SMARTS) is 1. The zero-order chi connectivity index (χ0) is 25.8. The highest BCUT2D eigenvalue weighted by Gasteiger charge is 2.33. The third-order valence-corrected chi connectivity index (χ3v) is 7.55. The summed E-state index contributed by atoms with van der Waals surface area (Å²) in [7, 11) is 0. The molecule has 194 valence electrons. The number of piperazine rings is 2. The molecule has 0 aromatic heterocycles. The van der Waals surface area contributed by atoms with Crippen molar-refractivity contribution in [1.82, 2.24) is 19.6 Å². The maximum absolute atomic E-state index is 13.6. The van der Waals surface area contributed by atoms with Crippen molar-refractivity contribution in [3.63, 3.8) is 0 Å². The molecule has 7 nitrogen and oxygen atoms in total. The second kappa shape index (κ2) is 11.5. The maximum Gasteiger partial charge on any atom is 0.335 e. The lowest BCUT2D eigenvalue weighted by molar-refractivity contribution is 0.0268. The number of carbonyl (C=O) groups excluding carboxylic acids is 1. The van der Waals surface area contributed by atoms with E-state index in [0.29, 0.717) is 11.6 Å². The lowest BCUT2D eigenvalue weighted by Gasteiger charge is -2.44. The fraction of sp³-hybridized carbons (Fsp3) is 0.517. The standard InChI is InChI=1S/C29H40N4O3/c1-21(2)32-14-12-30(13-15-32)20-25-6-5-7-27(16-25)28(34)33-22(3)17-31(18-23(33)4)19-24-8-10-26(11-9-24)29(35)36/h5-11,16,21-23H,12-15,17-20H2,1-4H3,(H,35,36)/t22-,23+. The molecule has 1 N–H and O–H groups in total. The van der Waals surface area contributed by atoms with Crippen LogP contribution in [0.3, 0.4) is 0 Å². The van der Waals surface area contributed by atoms with E-state index in [1.54, 1.807) is 12.1 Å². The summed E-state index contributed by atoms with van der Waals surface area (Å²) >= 11 is 0. The molecule has 0 spiro atoms. The number of benzene rings is 2. The van der Waals surface area contributed by atoms with Crippen LogP contribution in [0.25, 0.3) is 0 Å². The van der Waals surface area contributed by atoms with Crippen LogP contribution < -0.4 is 0 Å². The summed E-state index contributed by atoms with van der Waals surface area (Å²) in [6.45, 7) is 16.3. The van der Waals surface area contributed by atoms with E-state index in [-0.39, 0.29) is 18.0 Å². The molecular weight excluding hydrogens is 452 g/mol. The molecular formula is C29H40N4O3. The molecule has 2 fully saturated rings. The first-order valence-corrected chi connectivity index (χ1v) is 13.1. The van der Waals surface area contributed by atoms with E-state index in [1.807, 2.05) is 29.2 Å². The zero-order valence-electron chi connectivity index (χ0n) is 22.1. The Bertz CT molecular complexity index is 1030. The Hall–Kier alpha value is -2.74. The fourth-order valence-electron chi connectivity index (χ4n) is 5.62. The smallest absolute Gasteiger partial charge is 0.335 e. The molecule has 2 aromatic rings. The molecule has 0 bridgehead atoms. The van der Waals surface area contributed by atoms with E-state index in [9.17, 15) is 9.59 Å². The predicted molar refractivity (Wildman–Crippen MR) is 142 cm³/mol. The number of aromatic carboxylic acids is 1. The van der Waals surface area contributed by atoms with Crippen LogP contribution in [0.2, 0.25) is 0 Å². The van der Waals surface area contributed by atoms with Crippen molar-refractivity contribution in [3.05, 3.63) is 70.8 Å². The van der Waals surface area contributed by atoms with E-state index in [1.165, 1.54) is 5.56 Å². The van der Waals surface area contributed by atoms with Crippen LogP contribution in [-0.4, -0.2) is 94.0 Å². The second-order valence-corrected chi connectivity index (χ2v) is 10.7. The second-order valence-electron chi connectivity index (χ2n) is 10.7. The number of carboxylic acids is 1. The minimum Gasteiger partial charge on any atom is -0.478 e. The Morgan fingerprint density at radius 2 is 1.44 bits per heavy atom. The molecule has 1 amide bonds. The summed E-state index contributed by atoms with van der Waals surface area (Å²) in [4.78, 5) is 34.1. The third kappa shape index (κ3) is 6.33. The molecule has 0 aliphatic carbocycles. The average molecular weight is 493 g/mol. The lowest BCUT2D eigenvalue weighted by Crippen LogP contribution is -2.58. The highest BCUT2D eigenvalue weighted by molar-refractivity contribution is 5.95. The van der Waals surface area contributed by atoms with Gasteiger partial charge >= 0.3 is 5.97 Å². The van der Waals surface area contributed by atoms with E-state index in [2.05, 4.69) is 54.5 Å². The van der Waals surface area contributed by atoms with E-state index < -0.39 is 5.97 Å². The summed E-state index contributed by atoms with van der Waals surface area (Å²) < 4.78 is 0. The van der Waals surface area contributed by atoms with Crippen LogP contribution in [0.1, 0.15) is 59.5 Å². The number of hydrogen-bond acceptors (Lipinski definition) is 5. The Morgan fingerprint density at radius 3 is 2.03 bits per heavy atom. The zero-order valence-corrected chi connectivity index (χ0v) is 22.1. The van der Waals surface area contributed by atoms with Gasteiger partial charge in [-0.05, 0) is 63.1 Å². The Morgan fingerprint density at radius 1 is 0.833 bits per heavy atom. The highest BCUT2D eigenvalue weighted by atomic mass is 16.4. The van der Waals surface area contributed by atoms with Crippen LogP contribution in [-0.2, 0) is 13.1 Å². The van der Waals surface area contributed by atoms with Crippen LogP contribution in [0.5, 0.6) is 0 Å². The van der Waals surface area contributed by atoms with E-state index in [4.69, 9.17) is 5.11 Å². The Kier molecular flexibility index (Phi) is 8.44. The first-order chi connectivity index (χ1) is 17.2. The van der Waals surface area contributed by atoms with Crippen molar-refractivity contribution in [2.45, 2.75) is 58.9 Å². The lowest BCUT2D eigenvalue weighted by atomic mass is 10.0. The molecule has 2 heterocycles. The monoisotopic (exact) mass is 492 g/mol. The number of carbonyl (C=O) groups is 2. The van der Waals surface area contributed by atoms with Crippen LogP contribution in [0.15, 0.2) is 48.5 Å². The normalized spacial score (nSPS) is 22.2. The van der Waals surface area contributed by atoms with Crippen LogP contribution in [0, 0.1) is 0 Å². The largest absolute Gasteiger partial charge is 0.478 e. The molecule has 0 saturated carbocycles. The molecule has 36 heavy (non-hydrogen) atoms. The van der Waals surface area contributed by atoms with E-state index >= 15 is 0 Å². The van der Waals surface area contributed by atoms with Gasteiger partial charge in [-0.2, -0.15) is 0 Å². The first-order valence-electron chi connectivity index (χ1n) is 13.1. The topological polar surface area (TPSA) is 67.3 Å². The van der Waals surface area contributed by atoms with E-state index in [0.717, 1.165) is 63.5 Å². The number of hydrogen-bond donors (Lipinski definition) is 1. The molecule has 2 aliphatic rings. The average Bonchev–Trinajstić information content (AvgIpc) is 2.84. The van der Waals surface area contributed by atoms with Gasteiger partial charge in [-0.15, -0.1) is 0 Å². The summed E-state index contributed by atoms with van der Waals surface area (Å²) in [5.74, 6) is -0.805. The van der Waals surface area contributed by atoms with Gasteiger partial charge < -0.3 is 10.0 Å². The number of amides is 1. The number of rotatable bonds is 7. The van der Waals surface area contributed by atoms with Crippen LogP contribution >= 0.6 is 0 Å². The molecule has 2 atom stereocenters. The fourth-order valence-corrected chi connectivity index (χ4v) is 5.62. The molecule has 2 aliphatic heterocycles. The first kappa shape index (κ1) is 26.3. The molecule has 2 saturated heterocycles. The van der Waals surface area contributed by atoms with Crippen LogP contribution in [0.4, 0.5) is 0 Å². The summed E-state index contributed by atoms with van der Waals surface area (Å²) in [6.07, 6.45) is 0. The van der Waals surface area contributed by atoms with Gasteiger partial charge in [0, 0.05) is 76.0 Å². The predicted octanol–water partition coefficient (Wildman–Crippen LogP) is 3.65.